The van der Waals surface area contributed by atoms with E-state index in [0.717, 1.165) is 15.8 Å². The zero-order chi connectivity index (χ0) is 24.9. The minimum atomic E-state index is -0.473. The lowest BCUT2D eigenvalue weighted by Gasteiger charge is -2.13. The predicted molar refractivity (Wildman–Crippen MR) is 137 cm³/mol. The maximum absolute atomic E-state index is 12.5. The van der Waals surface area contributed by atoms with Gasteiger partial charge in [-0.3, -0.25) is 14.9 Å². The van der Waals surface area contributed by atoms with Crippen LogP contribution >= 0.6 is 22.9 Å². The number of thiophene rings is 1. The third-order valence-corrected chi connectivity index (χ3v) is 6.43. The average Bonchev–Trinajstić information content (AvgIpc) is 3.26. The molecule has 35 heavy (non-hydrogen) atoms. The van der Waals surface area contributed by atoms with Gasteiger partial charge in [-0.1, -0.05) is 41.4 Å². The first-order valence-corrected chi connectivity index (χ1v) is 11.6. The Morgan fingerprint density at radius 1 is 1.20 bits per heavy atom. The van der Waals surface area contributed by atoms with Crippen LogP contribution < -0.4 is 14.9 Å². The predicted octanol–water partition coefficient (Wildman–Crippen LogP) is 6.12. The molecule has 4 rings (SSSR count). The number of carbonyl (C=O) groups excluding carboxylic acids is 1. The molecule has 3 aromatic carbocycles. The van der Waals surface area contributed by atoms with Gasteiger partial charge in [-0.05, 0) is 42.3 Å². The maximum atomic E-state index is 12.5. The summed E-state index contributed by atoms with van der Waals surface area (Å²) >= 11 is 7.65. The third-order valence-electron chi connectivity index (χ3n) is 5.03. The highest BCUT2D eigenvalue weighted by Crippen LogP contribution is 2.36. The summed E-state index contributed by atoms with van der Waals surface area (Å²) in [6.07, 6.45) is 1.44. The summed E-state index contributed by atoms with van der Waals surface area (Å²) in [6.45, 7) is 2.34. The molecule has 0 spiro atoms. The maximum Gasteiger partial charge on any atom is 0.281 e. The van der Waals surface area contributed by atoms with Crippen molar-refractivity contribution in [2.45, 2.75) is 13.5 Å². The van der Waals surface area contributed by atoms with E-state index in [1.165, 1.54) is 36.8 Å². The van der Waals surface area contributed by atoms with Crippen LogP contribution in [0.15, 0.2) is 65.8 Å². The van der Waals surface area contributed by atoms with E-state index >= 15 is 0 Å². The van der Waals surface area contributed by atoms with Gasteiger partial charge in [-0.15, -0.1) is 11.3 Å². The van der Waals surface area contributed by atoms with E-state index in [9.17, 15) is 14.9 Å². The molecule has 0 aliphatic heterocycles. The number of hydrogen-bond donors (Lipinski definition) is 1. The summed E-state index contributed by atoms with van der Waals surface area (Å²) in [6, 6.07) is 17.4. The molecule has 0 saturated heterocycles. The number of nitro groups is 1. The van der Waals surface area contributed by atoms with Gasteiger partial charge in [-0.25, -0.2) is 5.43 Å². The van der Waals surface area contributed by atoms with Crippen LogP contribution in [0.5, 0.6) is 11.5 Å². The molecule has 0 aliphatic rings. The molecule has 4 aromatic rings. The quantitative estimate of drug-likeness (QED) is 0.175. The summed E-state index contributed by atoms with van der Waals surface area (Å²) in [5, 5.41) is 15.9. The Balaban J connectivity index is 1.44. The van der Waals surface area contributed by atoms with Gasteiger partial charge in [0, 0.05) is 22.2 Å². The number of hydrazone groups is 1. The van der Waals surface area contributed by atoms with Crippen molar-refractivity contribution < 1.29 is 19.2 Å². The summed E-state index contributed by atoms with van der Waals surface area (Å²) in [5.41, 5.74) is 5.17. The highest BCUT2D eigenvalue weighted by atomic mass is 35.5. The van der Waals surface area contributed by atoms with Crippen molar-refractivity contribution in [2.75, 3.05) is 7.11 Å². The largest absolute Gasteiger partial charge is 0.493 e. The molecule has 0 radical (unpaired) electrons. The lowest BCUT2D eigenvalue weighted by molar-refractivity contribution is -0.384. The smallest absolute Gasteiger partial charge is 0.281 e. The van der Waals surface area contributed by atoms with Crippen molar-refractivity contribution in [3.05, 3.63) is 97.4 Å². The number of carbonyl (C=O) groups is 1. The van der Waals surface area contributed by atoms with Gasteiger partial charge in [0.15, 0.2) is 11.5 Å². The first-order chi connectivity index (χ1) is 16.8. The van der Waals surface area contributed by atoms with Gasteiger partial charge < -0.3 is 9.47 Å². The standard InChI is InChI=1S/C25H20ClN3O5S/c1-15-4-3-5-16(8-15)14-34-24-20(26)9-17(10-21(24)33-2)13-27-28-25(30)23-12-18-11-19(29(31)32)6-7-22(18)35-23/h3-13H,14H2,1-2H3,(H,28,30)/b27-13-. The fourth-order valence-corrected chi connectivity index (χ4v) is 4.60. The SMILES string of the molecule is COc1cc(/C=N\NC(=O)c2cc3cc([N+](=O)[O-])ccc3s2)cc(Cl)c1OCc1cccc(C)c1. The molecule has 1 N–H and O–H groups in total. The molecule has 0 saturated carbocycles. The van der Waals surface area contributed by atoms with E-state index < -0.39 is 10.8 Å². The minimum absolute atomic E-state index is 0.0302. The van der Waals surface area contributed by atoms with Crippen molar-refractivity contribution >= 4 is 50.8 Å². The second-order valence-electron chi connectivity index (χ2n) is 7.60. The van der Waals surface area contributed by atoms with Gasteiger partial charge >= 0.3 is 0 Å². The molecule has 0 bridgehead atoms. The first kappa shape index (κ1) is 24.2. The highest BCUT2D eigenvalue weighted by Gasteiger charge is 2.14. The van der Waals surface area contributed by atoms with Gasteiger partial charge in [-0.2, -0.15) is 5.10 Å². The zero-order valence-electron chi connectivity index (χ0n) is 18.8. The number of aryl methyl sites for hydroxylation is 1. The number of rotatable bonds is 8. The number of ether oxygens (including phenoxy) is 2. The number of non-ortho nitro benzene ring substituents is 1. The molecule has 0 aliphatic carbocycles. The second-order valence-corrected chi connectivity index (χ2v) is 9.09. The topological polar surface area (TPSA) is 103 Å². The number of methoxy groups -OCH3 is 1. The number of hydrogen-bond acceptors (Lipinski definition) is 7. The van der Waals surface area contributed by atoms with E-state index in [2.05, 4.69) is 10.5 Å². The first-order valence-electron chi connectivity index (χ1n) is 10.4. The number of nitrogens with zero attached hydrogens (tertiary/aromatic N) is 2. The lowest BCUT2D eigenvalue weighted by Crippen LogP contribution is -2.16. The molecule has 0 unspecified atom stereocenters. The van der Waals surface area contributed by atoms with Gasteiger partial charge in [0.05, 0.1) is 28.1 Å². The van der Waals surface area contributed by atoms with Gasteiger partial charge in [0.2, 0.25) is 0 Å². The Kier molecular flexibility index (Phi) is 7.28. The van der Waals surface area contributed by atoms with Crippen LogP contribution in [0.25, 0.3) is 10.1 Å². The molecular weight excluding hydrogens is 490 g/mol. The van der Waals surface area contributed by atoms with Crippen molar-refractivity contribution in [1.82, 2.24) is 5.43 Å². The monoisotopic (exact) mass is 509 g/mol. The Bertz CT molecular complexity index is 1450. The van der Waals surface area contributed by atoms with Crippen LogP contribution in [0.1, 0.15) is 26.4 Å². The Labute approximate surface area is 209 Å². The van der Waals surface area contributed by atoms with Crippen LogP contribution in [-0.2, 0) is 6.61 Å². The fourth-order valence-electron chi connectivity index (χ4n) is 3.39. The van der Waals surface area contributed by atoms with Gasteiger partial charge in [0.1, 0.15) is 6.61 Å². The molecule has 0 atom stereocenters. The van der Waals surface area contributed by atoms with E-state index in [-0.39, 0.29) is 5.69 Å². The van der Waals surface area contributed by atoms with Crippen LogP contribution in [-0.4, -0.2) is 24.2 Å². The van der Waals surface area contributed by atoms with E-state index in [0.29, 0.717) is 39.0 Å². The molecule has 1 aromatic heterocycles. The van der Waals surface area contributed by atoms with Crippen molar-refractivity contribution in [3.63, 3.8) is 0 Å². The van der Waals surface area contributed by atoms with E-state index in [1.54, 1.807) is 24.3 Å². The number of nitro benzene ring substituents is 1. The molecule has 8 nitrogen and oxygen atoms in total. The fraction of sp³-hybridized carbons (Fsp3) is 0.120. The number of benzene rings is 3. The summed E-state index contributed by atoms with van der Waals surface area (Å²) in [5.74, 6) is 0.418. The van der Waals surface area contributed by atoms with Crippen LogP contribution in [0.3, 0.4) is 0 Å². The van der Waals surface area contributed by atoms with Gasteiger partial charge in [0.25, 0.3) is 11.6 Å². The molecule has 0 fully saturated rings. The summed E-state index contributed by atoms with van der Waals surface area (Å²) in [7, 11) is 1.51. The minimum Gasteiger partial charge on any atom is -0.493 e. The third kappa shape index (κ3) is 5.76. The Morgan fingerprint density at radius 3 is 2.77 bits per heavy atom. The van der Waals surface area contributed by atoms with E-state index in [1.807, 2.05) is 31.2 Å². The number of fused-ring (bicyclic) bond motifs is 1. The summed E-state index contributed by atoms with van der Waals surface area (Å²) in [4.78, 5) is 23.4. The van der Waals surface area contributed by atoms with Crippen molar-refractivity contribution in [3.8, 4) is 11.5 Å². The van der Waals surface area contributed by atoms with Crippen LogP contribution in [0, 0.1) is 17.0 Å². The molecule has 10 heteroatoms. The lowest BCUT2D eigenvalue weighted by atomic mass is 10.1. The zero-order valence-corrected chi connectivity index (χ0v) is 20.4. The van der Waals surface area contributed by atoms with Crippen molar-refractivity contribution in [2.24, 2.45) is 5.10 Å². The van der Waals surface area contributed by atoms with E-state index in [4.69, 9.17) is 21.1 Å². The molecule has 178 valence electrons. The Hall–Kier alpha value is -3.95. The van der Waals surface area contributed by atoms with Crippen LogP contribution in [0.4, 0.5) is 5.69 Å². The number of nitrogens with one attached hydrogen (secondary N) is 1. The second kappa shape index (κ2) is 10.5. The highest BCUT2D eigenvalue weighted by molar-refractivity contribution is 7.20. The van der Waals surface area contributed by atoms with Crippen LogP contribution in [0.2, 0.25) is 5.02 Å². The molecule has 1 heterocycles. The number of amides is 1. The van der Waals surface area contributed by atoms with Crippen molar-refractivity contribution in [1.29, 1.82) is 0 Å². The normalized spacial score (nSPS) is 11.1. The number of halogens is 1. The molecular formula is C25H20ClN3O5S. The molecule has 1 amide bonds. The average molecular weight is 510 g/mol. The Morgan fingerprint density at radius 2 is 2.03 bits per heavy atom. The summed E-state index contributed by atoms with van der Waals surface area (Å²) < 4.78 is 12.1.